The smallest absolute Gasteiger partial charge is 0.142 e. The third-order valence-electron chi connectivity index (χ3n) is 4.13. The Morgan fingerprint density at radius 3 is 2.33 bits per heavy atom. The third kappa shape index (κ3) is 3.91. The summed E-state index contributed by atoms with van der Waals surface area (Å²) in [6.45, 7) is 0.725. The summed E-state index contributed by atoms with van der Waals surface area (Å²) in [6, 6.07) is 19.9. The van der Waals surface area contributed by atoms with Crippen molar-refractivity contribution in [3.63, 3.8) is 0 Å². The van der Waals surface area contributed by atoms with Crippen molar-refractivity contribution in [3.8, 4) is 22.5 Å². The van der Waals surface area contributed by atoms with Gasteiger partial charge in [-0.3, -0.25) is 4.98 Å². The van der Waals surface area contributed by atoms with Crippen molar-refractivity contribution in [3.05, 3.63) is 90.5 Å². The topological polar surface area (TPSA) is 52.8 Å². The molecule has 5 nitrogen and oxygen atoms in total. The molecule has 0 aliphatic carbocycles. The fraction of sp³-hybridized carbons (Fsp3) is 0.0952. The van der Waals surface area contributed by atoms with Crippen LogP contribution in [0.4, 0.5) is 4.39 Å². The second-order valence-electron chi connectivity index (χ2n) is 5.99. The van der Waals surface area contributed by atoms with E-state index < -0.39 is 0 Å². The molecule has 0 N–H and O–H groups in total. The molecular formula is C21H17FN4O. The van der Waals surface area contributed by atoms with Crippen LogP contribution < -0.4 is 0 Å². The third-order valence-corrected chi connectivity index (χ3v) is 4.13. The fourth-order valence-electron chi connectivity index (χ4n) is 2.83. The van der Waals surface area contributed by atoms with Crippen molar-refractivity contribution in [1.29, 1.82) is 0 Å². The number of hydrogen-bond donors (Lipinski definition) is 0. The molecular weight excluding hydrogens is 343 g/mol. The van der Waals surface area contributed by atoms with Gasteiger partial charge < -0.3 is 4.74 Å². The van der Waals surface area contributed by atoms with Crippen LogP contribution >= 0.6 is 0 Å². The number of hydrogen-bond acceptors (Lipinski definition) is 4. The monoisotopic (exact) mass is 360 g/mol. The molecule has 27 heavy (non-hydrogen) atoms. The van der Waals surface area contributed by atoms with Gasteiger partial charge in [0, 0.05) is 23.5 Å². The molecule has 134 valence electrons. The van der Waals surface area contributed by atoms with Crippen molar-refractivity contribution in [2.45, 2.75) is 13.3 Å². The molecule has 2 aromatic carbocycles. The van der Waals surface area contributed by atoms with E-state index in [1.165, 1.54) is 12.1 Å². The van der Waals surface area contributed by atoms with E-state index in [0.717, 1.165) is 22.4 Å². The predicted octanol–water partition coefficient (Wildman–Crippen LogP) is 4.32. The second-order valence-corrected chi connectivity index (χ2v) is 5.99. The maximum atomic E-state index is 13.3. The Labute approximate surface area is 156 Å². The number of halogens is 1. The van der Waals surface area contributed by atoms with E-state index in [2.05, 4.69) is 15.3 Å². The lowest BCUT2D eigenvalue weighted by molar-refractivity contribution is 0.0560. The molecule has 0 aliphatic rings. The van der Waals surface area contributed by atoms with Crippen molar-refractivity contribution >= 4 is 0 Å². The van der Waals surface area contributed by atoms with Gasteiger partial charge in [0.2, 0.25) is 0 Å². The minimum absolute atomic E-state index is 0.251. The van der Waals surface area contributed by atoms with Crippen LogP contribution in [-0.4, -0.2) is 20.0 Å². The highest BCUT2D eigenvalue weighted by atomic mass is 19.1. The summed E-state index contributed by atoms with van der Waals surface area (Å²) in [5.74, 6) is -0.289. The first-order chi connectivity index (χ1) is 13.3. The van der Waals surface area contributed by atoms with Crippen LogP contribution in [0.15, 0.2) is 79.1 Å². The van der Waals surface area contributed by atoms with Crippen LogP contribution in [-0.2, 0) is 18.1 Å². The average Bonchev–Trinajstić information content (AvgIpc) is 3.14. The summed E-state index contributed by atoms with van der Waals surface area (Å²) >= 11 is 0. The van der Waals surface area contributed by atoms with E-state index >= 15 is 0 Å². The lowest BCUT2D eigenvalue weighted by atomic mass is 10.1. The number of benzene rings is 2. The summed E-state index contributed by atoms with van der Waals surface area (Å²) < 4.78 is 20.8. The van der Waals surface area contributed by atoms with Gasteiger partial charge in [-0.1, -0.05) is 35.5 Å². The Kier molecular flexibility index (Phi) is 4.98. The van der Waals surface area contributed by atoms with Crippen molar-refractivity contribution < 1.29 is 9.13 Å². The predicted molar refractivity (Wildman–Crippen MR) is 99.9 cm³/mol. The van der Waals surface area contributed by atoms with Crippen LogP contribution in [0.25, 0.3) is 22.5 Å². The summed E-state index contributed by atoms with van der Waals surface area (Å²) in [5.41, 5.74) is 4.26. The normalized spacial score (nSPS) is 10.9. The largest absolute Gasteiger partial charge is 0.354 e. The molecule has 0 amide bonds. The Hall–Kier alpha value is -3.38. The minimum Gasteiger partial charge on any atom is -0.354 e. The molecule has 0 atom stereocenters. The van der Waals surface area contributed by atoms with Crippen molar-refractivity contribution in [2.24, 2.45) is 0 Å². The fourth-order valence-corrected chi connectivity index (χ4v) is 2.83. The summed E-state index contributed by atoms with van der Waals surface area (Å²) in [7, 11) is 0. The maximum Gasteiger partial charge on any atom is 0.142 e. The SMILES string of the molecule is Fc1ccc(-c2nnn(COCc3ccccc3)c2-c2ccncc2)cc1. The molecule has 0 unspecified atom stereocenters. The first-order valence-electron chi connectivity index (χ1n) is 8.53. The van der Waals surface area contributed by atoms with Crippen LogP contribution in [0.2, 0.25) is 0 Å². The van der Waals surface area contributed by atoms with Gasteiger partial charge in [-0.25, -0.2) is 9.07 Å². The zero-order valence-corrected chi connectivity index (χ0v) is 14.5. The number of ether oxygens (including phenoxy) is 1. The molecule has 0 bridgehead atoms. The van der Waals surface area contributed by atoms with E-state index in [1.807, 2.05) is 42.5 Å². The lowest BCUT2D eigenvalue weighted by Crippen LogP contribution is -2.06. The van der Waals surface area contributed by atoms with Gasteiger partial charge in [0.1, 0.15) is 18.2 Å². The van der Waals surface area contributed by atoms with Gasteiger partial charge in [-0.2, -0.15) is 0 Å². The van der Waals surface area contributed by atoms with E-state index in [-0.39, 0.29) is 12.5 Å². The minimum atomic E-state index is -0.289. The van der Waals surface area contributed by atoms with Crippen LogP contribution in [0.3, 0.4) is 0 Å². The average molecular weight is 360 g/mol. The van der Waals surface area contributed by atoms with Crippen molar-refractivity contribution in [1.82, 2.24) is 20.0 Å². The zero-order chi connectivity index (χ0) is 18.5. The van der Waals surface area contributed by atoms with Gasteiger partial charge in [0.05, 0.1) is 12.3 Å². The van der Waals surface area contributed by atoms with Gasteiger partial charge in [-0.05, 0) is 42.0 Å². The Bertz CT molecular complexity index is 1000. The summed E-state index contributed by atoms with van der Waals surface area (Å²) in [5, 5.41) is 8.56. The molecule has 6 heteroatoms. The summed E-state index contributed by atoms with van der Waals surface area (Å²) in [6.07, 6.45) is 3.43. The van der Waals surface area contributed by atoms with E-state index in [9.17, 15) is 4.39 Å². The van der Waals surface area contributed by atoms with Crippen molar-refractivity contribution in [2.75, 3.05) is 0 Å². The van der Waals surface area contributed by atoms with Gasteiger partial charge in [0.25, 0.3) is 0 Å². The molecule has 0 radical (unpaired) electrons. The van der Waals surface area contributed by atoms with Crippen LogP contribution in [0.1, 0.15) is 5.56 Å². The van der Waals surface area contributed by atoms with E-state index in [0.29, 0.717) is 12.3 Å². The molecule has 4 rings (SSSR count). The molecule has 0 saturated heterocycles. The number of aromatic nitrogens is 4. The first-order valence-corrected chi connectivity index (χ1v) is 8.53. The maximum absolute atomic E-state index is 13.3. The molecule has 2 heterocycles. The van der Waals surface area contributed by atoms with E-state index in [1.54, 1.807) is 29.2 Å². The number of rotatable bonds is 6. The standard InChI is InChI=1S/C21H17FN4O/c22-19-8-6-17(7-9-19)20-21(18-10-12-23-13-11-18)26(25-24-20)15-27-14-16-4-2-1-3-5-16/h1-13H,14-15H2. The van der Waals surface area contributed by atoms with Crippen LogP contribution in [0, 0.1) is 5.82 Å². The summed E-state index contributed by atoms with van der Waals surface area (Å²) in [4.78, 5) is 4.07. The molecule has 0 spiro atoms. The molecule has 2 aromatic heterocycles. The van der Waals surface area contributed by atoms with Gasteiger partial charge >= 0.3 is 0 Å². The van der Waals surface area contributed by atoms with Gasteiger partial charge in [0.15, 0.2) is 0 Å². The Morgan fingerprint density at radius 2 is 1.59 bits per heavy atom. The quantitative estimate of drug-likeness (QED) is 0.514. The first kappa shape index (κ1) is 17.1. The number of pyridine rings is 1. The molecule has 4 aromatic rings. The molecule has 0 saturated carbocycles. The van der Waals surface area contributed by atoms with Gasteiger partial charge in [-0.15, -0.1) is 5.10 Å². The highest BCUT2D eigenvalue weighted by molar-refractivity contribution is 5.77. The number of nitrogens with zero attached hydrogens (tertiary/aromatic N) is 4. The zero-order valence-electron chi connectivity index (χ0n) is 14.5. The van der Waals surface area contributed by atoms with E-state index in [4.69, 9.17) is 4.74 Å². The molecule has 0 fully saturated rings. The Balaban J connectivity index is 1.64. The lowest BCUT2D eigenvalue weighted by Gasteiger charge is -2.09. The van der Waals surface area contributed by atoms with Crippen LogP contribution in [0.5, 0.6) is 0 Å². The highest BCUT2D eigenvalue weighted by Crippen LogP contribution is 2.30. The highest BCUT2D eigenvalue weighted by Gasteiger charge is 2.17. The Morgan fingerprint density at radius 1 is 0.852 bits per heavy atom. The second kappa shape index (κ2) is 7.88. The molecule has 0 aliphatic heterocycles.